The molecular formula is C26H39N3O3. The average molecular weight is 442 g/mol. The number of benzene rings is 1. The van der Waals surface area contributed by atoms with E-state index in [-0.39, 0.29) is 11.8 Å². The molecular weight excluding hydrogens is 402 g/mol. The monoisotopic (exact) mass is 441 g/mol. The van der Waals surface area contributed by atoms with Gasteiger partial charge in [0.2, 0.25) is 5.91 Å². The molecule has 6 heteroatoms. The van der Waals surface area contributed by atoms with E-state index in [1.807, 2.05) is 21.9 Å². The minimum atomic E-state index is 0.0829. The Kier molecular flexibility index (Phi) is 8.20. The molecule has 4 rings (SSSR count). The lowest BCUT2D eigenvalue weighted by Crippen LogP contribution is -2.40. The van der Waals surface area contributed by atoms with Gasteiger partial charge in [-0.05, 0) is 68.8 Å². The second kappa shape index (κ2) is 11.3. The summed E-state index contributed by atoms with van der Waals surface area (Å²) in [5, 5.41) is 0. The molecule has 176 valence electrons. The Labute approximate surface area is 192 Å². The number of hydrogen-bond acceptors (Lipinski definition) is 4. The average Bonchev–Trinajstić information content (AvgIpc) is 3.34. The molecule has 3 aliphatic rings. The second-order valence-corrected chi connectivity index (χ2v) is 9.60. The van der Waals surface area contributed by atoms with Gasteiger partial charge < -0.3 is 14.5 Å². The molecule has 2 saturated heterocycles. The number of amides is 2. The van der Waals surface area contributed by atoms with Crippen molar-refractivity contribution in [2.45, 2.75) is 77.3 Å². The molecule has 3 aliphatic heterocycles. The maximum absolute atomic E-state index is 13.1. The van der Waals surface area contributed by atoms with E-state index in [2.05, 4.69) is 11.0 Å². The van der Waals surface area contributed by atoms with Crippen molar-refractivity contribution in [3.63, 3.8) is 0 Å². The molecule has 0 aliphatic carbocycles. The highest BCUT2D eigenvalue weighted by atomic mass is 16.5. The summed E-state index contributed by atoms with van der Waals surface area (Å²) in [5.41, 5.74) is 2.85. The van der Waals surface area contributed by atoms with Crippen molar-refractivity contribution in [1.82, 2.24) is 9.80 Å². The van der Waals surface area contributed by atoms with Gasteiger partial charge in [-0.3, -0.25) is 14.5 Å². The summed E-state index contributed by atoms with van der Waals surface area (Å²) in [7, 11) is 0. The zero-order chi connectivity index (χ0) is 22.3. The molecule has 0 spiro atoms. The maximum Gasteiger partial charge on any atom is 0.253 e. The highest BCUT2D eigenvalue weighted by Crippen LogP contribution is 2.29. The third-order valence-electron chi connectivity index (χ3n) is 7.30. The van der Waals surface area contributed by atoms with Gasteiger partial charge in [-0.15, -0.1) is 0 Å². The summed E-state index contributed by atoms with van der Waals surface area (Å²) in [5.74, 6) is 0.211. The van der Waals surface area contributed by atoms with Crippen molar-refractivity contribution >= 4 is 17.5 Å². The third-order valence-corrected chi connectivity index (χ3v) is 7.30. The summed E-state index contributed by atoms with van der Waals surface area (Å²) in [6.45, 7) is 7.60. The number of carbonyl (C=O) groups is 2. The molecule has 2 amide bonds. The topological polar surface area (TPSA) is 53.1 Å². The smallest absolute Gasteiger partial charge is 0.253 e. The third kappa shape index (κ3) is 5.70. The van der Waals surface area contributed by atoms with Gasteiger partial charge in [-0.1, -0.05) is 19.3 Å². The van der Waals surface area contributed by atoms with Crippen LogP contribution in [0.4, 0.5) is 5.69 Å². The van der Waals surface area contributed by atoms with Crippen LogP contribution >= 0.6 is 0 Å². The van der Waals surface area contributed by atoms with E-state index >= 15 is 0 Å². The highest BCUT2D eigenvalue weighted by Gasteiger charge is 2.26. The Morgan fingerprint density at radius 1 is 0.875 bits per heavy atom. The van der Waals surface area contributed by atoms with Crippen LogP contribution in [0, 0.1) is 0 Å². The van der Waals surface area contributed by atoms with Crippen LogP contribution in [0.5, 0.6) is 0 Å². The van der Waals surface area contributed by atoms with Gasteiger partial charge in [-0.25, -0.2) is 0 Å². The fourth-order valence-electron chi connectivity index (χ4n) is 5.43. The standard InChI is InChI=1S/C26H39N3O3/c1-21(30)29-16-6-4-2-3-5-15-28(24-11-17-32-18-12-24)20-23-19-22(9-10-25(23)29)26(31)27-13-7-8-14-27/h9-10,19,24H,2-8,11-18,20H2,1H3. The van der Waals surface area contributed by atoms with Crippen molar-refractivity contribution < 1.29 is 14.3 Å². The van der Waals surface area contributed by atoms with E-state index in [1.54, 1.807) is 6.92 Å². The highest BCUT2D eigenvalue weighted by molar-refractivity contribution is 5.97. The fraction of sp³-hybridized carbons (Fsp3) is 0.692. The van der Waals surface area contributed by atoms with Crippen LogP contribution < -0.4 is 4.90 Å². The van der Waals surface area contributed by atoms with Crippen LogP contribution in [-0.2, 0) is 16.1 Å². The maximum atomic E-state index is 13.1. The molecule has 0 bridgehead atoms. The summed E-state index contributed by atoms with van der Waals surface area (Å²) < 4.78 is 5.62. The molecule has 0 N–H and O–H groups in total. The van der Waals surface area contributed by atoms with Crippen LogP contribution in [-0.4, -0.2) is 67.0 Å². The van der Waals surface area contributed by atoms with Gasteiger partial charge >= 0.3 is 0 Å². The predicted octanol–water partition coefficient (Wildman–Crippen LogP) is 4.22. The van der Waals surface area contributed by atoms with Gasteiger partial charge in [0.1, 0.15) is 0 Å². The molecule has 0 aromatic heterocycles. The molecule has 0 atom stereocenters. The van der Waals surface area contributed by atoms with E-state index in [9.17, 15) is 9.59 Å². The van der Waals surface area contributed by atoms with Gasteiger partial charge in [0.05, 0.1) is 0 Å². The van der Waals surface area contributed by atoms with E-state index in [0.717, 1.165) is 101 Å². The number of ether oxygens (including phenoxy) is 1. The Morgan fingerprint density at radius 3 is 2.25 bits per heavy atom. The molecule has 2 fully saturated rings. The molecule has 1 aromatic carbocycles. The van der Waals surface area contributed by atoms with Gasteiger partial charge in [-0.2, -0.15) is 0 Å². The Morgan fingerprint density at radius 2 is 1.53 bits per heavy atom. The second-order valence-electron chi connectivity index (χ2n) is 9.60. The largest absolute Gasteiger partial charge is 0.381 e. The van der Waals surface area contributed by atoms with E-state index < -0.39 is 0 Å². The number of likely N-dealkylation sites (tertiary alicyclic amines) is 1. The normalized spacial score (nSPS) is 22.2. The van der Waals surface area contributed by atoms with Crippen molar-refractivity contribution in [2.75, 3.05) is 44.3 Å². The van der Waals surface area contributed by atoms with Crippen LogP contribution in [0.15, 0.2) is 18.2 Å². The van der Waals surface area contributed by atoms with Crippen LogP contribution in [0.25, 0.3) is 0 Å². The SMILES string of the molecule is CC(=O)N1CCCCCCCN(C2CCOCC2)Cc2cc(C(=O)N3CCCC3)ccc21. The Bertz CT molecular complexity index is 785. The molecule has 1 aromatic rings. The number of fused-ring (bicyclic) bond motifs is 1. The number of hydrogen-bond donors (Lipinski definition) is 0. The first kappa shape index (κ1) is 23.2. The van der Waals surface area contributed by atoms with Crippen molar-refractivity contribution in [3.05, 3.63) is 29.3 Å². The predicted molar refractivity (Wildman–Crippen MR) is 127 cm³/mol. The van der Waals surface area contributed by atoms with Crippen molar-refractivity contribution in [2.24, 2.45) is 0 Å². The van der Waals surface area contributed by atoms with E-state index in [0.29, 0.717) is 6.04 Å². The minimum Gasteiger partial charge on any atom is -0.381 e. The number of nitrogens with zero attached hydrogens (tertiary/aromatic N) is 3. The van der Waals surface area contributed by atoms with Crippen LogP contribution in [0.2, 0.25) is 0 Å². The molecule has 3 heterocycles. The number of rotatable bonds is 2. The zero-order valence-electron chi connectivity index (χ0n) is 19.7. The number of carbonyl (C=O) groups excluding carboxylic acids is 2. The summed E-state index contributed by atoms with van der Waals surface area (Å²) in [6, 6.07) is 6.53. The molecule has 6 nitrogen and oxygen atoms in total. The molecule has 0 unspecified atom stereocenters. The quantitative estimate of drug-likeness (QED) is 0.690. The Balaban J connectivity index is 1.67. The summed E-state index contributed by atoms with van der Waals surface area (Å²) in [4.78, 5) is 32.2. The van der Waals surface area contributed by atoms with Gasteiger partial charge in [0.25, 0.3) is 5.91 Å². The van der Waals surface area contributed by atoms with Crippen LogP contribution in [0.3, 0.4) is 0 Å². The summed E-state index contributed by atoms with van der Waals surface area (Å²) >= 11 is 0. The number of anilines is 1. The fourth-order valence-corrected chi connectivity index (χ4v) is 5.43. The molecule has 0 saturated carbocycles. The first-order chi connectivity index (χ1) is 15.6. The molecule has 0 radical (unpaired) electrons. The first-order valence-corrected chi connectivity index (χ1v) is 12.7. The first-order valence-electron chi connectivity index (χ1n) is 12.7. The van der Waals surface area contributed by atoms with E-state index in [1.165, 1.54) is 19.3 Å². The van der Waals surface area contributed by atoms with Crippen molar-refractivity contribution in [1.29, 1.82) is 0 Å². The van der Waals surface area contributed by atoms with Gasteiger partial charge in [0.15, 0.2) is 0 Å². The lowest BCUT2D eigenvalue weighted by molar-refractivity contribution is -0.116. The van der Waals surface area contributed by atoms with Gasteiger partial charge in [0, 0.05) is 63.6 Å². The zero-order valence-corrected chi connectivity index (χ0v) is 19.7. The lowest BCUT2D eigenvalue weighted by atomic mass is 10.0. The summed E-state index contributed by atoms with van der Waals surface area (Å²) in [6.07, 6.45) is 10.1. The minimum absolute atomic E-state index is 0.0829. The Hall–Kier alpha value is -1.92. The van der Waals surface area contributed by atoms with Crippen LogP contribution in [0.1, 0.15) is 80.6 Å². The molecule has 32 heavy (non-hydrogen) atoms. The van der Waals surface area contributed by atoms with Crippen molar-refractivity contribution in [3.8, 4) is 0 Å². The lowest BCUT2D eigenvalue weighted by Gasteiger charge is -2.36. The van der Waals surface area contributed by atoms with E-state index in [4.69, 9.17) is 4.74 Å².